The van der Waals surface area contributed by atoms with Gasteiger partial charge in [0.2, 0.25) is 5.95 Å². The summed E-state index contributed by atoms with van der Waals surface area (Å²) >= 11 is 0. The van der Waals surface area contributed by atoms with Gasteiger partial charge >= 0.3 is 0 Å². The van der Waals surface area contributed by atoms with Crippen LogP contribution in [0.15, 0.2) is 73.1 Å². The van der Waals surface area contributed by atoms with E-state index in [4.69, 9.17) is 0 Å². The Labute approximate surface area is 172 Å². The molecule has 3 aromatic rings. The van der Waals surface area contributed by atoms with Gasteiger partial charge in [0.1, 0.15) is 0 Å². The van der Waals surface area contributed by atoms with Crippen molar-refractivity contribution >= 4 is 17.5 Å². The fourth-order valence-electron chi connectivity index (χ4n) is 3.78. The molecule has 1 unspecified atom stereocenters. The Morgan fingerprint density at radius 2 is 1.69 bits per heavy atom. The van der Waals surface area contributed by atoms with Crippen LogP contribution in [0.25, 0.3) is 0 Å². The molecule has 1 aliphatic rings. The van der Waals surface area contributed by atoms with Crippen LogP contribution in [0.3, 0.4) is 0 Å². The van der Waals surface area contributed by atoms with Crippen molar-refractivity contribution in [3.63, 3.8) is 0 Å². The first-order valence-corrected chi connectivity index (χ1v) is 10.2. The molecule has 2 heterocycles. The number of para-hydroxylation sites is 1. The molecule has 4 rings (SSSR count). The normalized spacial score (nSPS) is 16.4. The topological polar surface area (TPSA) is 49.3 Å². The summed E-state index contributed by atoms with van der Waals surface area (Å²) in [5.41, 5.74) is 2.73. The number of amides is 1. The van der Waals surface area contributed by atoms with E-state index in [9.17, 15) is 4.79 Å². The van der Waals surface area contributed by atoms with E-state index in [0.717, 1.165) is 25.2 Å². The van der Waals surface area contributed by atoms with E-state index in [0.29, 0.717) is 24.0 Å². The second kappa shape index (κ2) is 8.86. The number of carbonyl (C=O) groups is 1. The monoisotopic (exact) mass is 386 g/mol. The van der Waals surface area contributed by atoms with Crippen LogP contribution in [0.1, 0.15) is 35.7 Å². The lowest BCUT2D eigenvalue weighted by Crippen LogP contribution is -2.39. The van der Waals surface area contributed by atoms with Crippen LogP contribution in [0.4, 0.5) is 11.6 Å². The summed E-state index contributed by atoms with van der Waals surface area (Å²) in [6.07, 6.45) is 5.56. The third-order valence-electron chi connectivity index (χ3n) is 5.32. The van der Waals surface area contributed by atoms with E-state index in [1.54, 1.807) is 12.4 Å². The first-order valence-electron chi connectivity index (χ1n) is 10.2. The van der Waals surface area contributed by atoms with E-state index < -0.39 is 0 Å². The number of aromatic nitrogens is 2. The minimum absolute atomic E-state index is 0.0254. The van der Waals surface area contributed by atoms with Gasteiger partial charge < -0.3 is 9.80 Å². The van der Waals surface area contributed by atoms with E-state index in [1.807, 2.05) is 53.4 Å². The number of piperidine rings is 1. The van der Waals surface area contributed by atoms with E-state index in [1.165, 1.54) is 12.0 Å². The van der Waals surface area contributed by atoms with Crippen molar-refractivity contribution < 1.29 is 4.79 Å². The summed E-state index contributed by atoms with van der Waals surface area (Å²) in [7, 11) is 0. The zero-order valence-corrected chi connectivity index (χ0v) is 16.7. The molecule has 0 radical (unpaired) electrons. The number of nitrogens with zero attached hydrogens (tertiary/aromatic N) is 4. The van der Waals surface area contributed by atoms with Gasteiger partial charge in [-0.3, -0.25) is 4.79 Å². The quantitative estimate of drug-likeness (QED) is 0.638. The maximum absolute atomic E-state index is 12.8. The highest BCUT2D eigenvalue weighted by molar-refractivity contribution is 5.93. The van der Waals surface area contributed by atoms with Gasteiger partial charge in [-0.05, 0) is 36.5 Å². The molecular formula is C24H26N4O. The molecule has 0 aliphatic carbocycles. The highest BCUT2D eigenvalue weighted by Gasteiger charge is 2.23. The molecule has 1 aromatic heterocycles. The Balaban J connectivity index is 1.57. The van der Waals surface area contributed by atoms with Gasteiger partial charge in [0.15, 0.2) is 0 Å². The van der Waals surface area contributed by atoms with E-state index in [-0.39, 0.29) is 5.91 Å². The lowest BCUT2D eigenvalue weighted by molar-refractivity contribution is 0.0682. The molecule has 5 nitrogen and oxygen atoms in total. The van der Waals surface area contributed by atoms with E-state index in [2.05, 4.69) is 33.9 Å². The number of carbonyl (C=O) groups excluding carboxylic acids is 1. The molecule has 2 aromatic carbocycles. The van der Waals surface area contributed by atoms with Crippen molar-refractivity contribution in [1.29, 1.82) is 0 Å². The highest BCUT2D eigenvalue weighted by Crippen LogP contribution is 2.24. The lowest BCUT2D eigenvalue weighted by Gasteiger charge is -2.31. The van der Waals surface area contributed by atoms with Gasteiger partial charge in [-0.15, -0.1) is 0 Å². The lowest BCUT2D eigenvalue weighted by atomic mass is 10.00. The van der Waals surface area contributed by atoms with E-state index >= 15 is 0 Å². The second-order valence-electron chi connectivity index (χ2n) is 7.68. The molecule has 1 aliphatic heterocycles. The molecular weight excluding hydrogens is 360 g/mol. The zero-order chi connectivity index (χ0) is 20.1. The molecule has 0 spiro atoms. The predicted octanol–water partition coefficient (Wildman–Crippen LogP) is 4.69. The van der Waals surface area contributed by atoms with Gasteiger partial charge in [-0.25, -0.2) is 9.97 Å². The average Bonchev–Trinajstić information content (AvgIpc) is 2.78. The Bertz CT molecular complexity index is 928. The summed E-state index contributed by atoms with van der Waals surface area (Å²) in [5, 5.41) is 0. The van der Waals surface area contributed by atoms with Crippen LogP contribution in [0.5, 0.6) is 0 Å². The molecule has 0 saturated carbocycles. The fraction of sp³-hybridized carbons (Fsp3) is 0.292. The highest BCUT2D eigenvalue weighted by atomic mass is 16.2. The molecule has 1 atom stereocenters. The molecule has 29 heavy (non-hydrogen) atoms. The SMILES string of the molecule is CC1CCCN(C(=O)c2cnc(N(Cc3ccccc3)c3ccccc3)nc2)C1. The number of likely N-dealkylation sites (tertiary alicyclic amines) is 1. The zero-order valence-electron chi connectivity index (χ0n) is 16.7. The van der Waals surface area contributed by atoms with Gasteiger partial charge in [0, 0.05) is 31.2 Å². The van der Waals surface area contributed by atoms with Gasteiger partial charge in [-0.1, -0.05) is 55.5 Å². The number of benzene rings is 2. The number of hydrogen-bond donors (Lipinski definition) is 0. The van der Waals surface area contributed by atoms with Gasteiger partial charge in [-0.2, -0.15) is 0 Å². The third-order valence-corrected chi connectivity index (χ3v) is 5.32. The van der Waals surface area contributed by atoms with Gasteiger partial charge in [0.25, 0.3) is 5.91 Å². The molecule has 1 amide bonds. The Kier molecular flexibility index (Phi) is 5.84. The maximum Gasteiger partial charge on any atom is 0.257 e. The smallest absolute Gasteiger partial charge is 0.257 e. The first kappa shape index (κ1) is 19.1. The summed E-state index contributed by atoms with van der Waals surface area (Å²) in [6.45, 7) is 4.47. The summed E-state index contributed by atoms with van der Waals surface area (Å²) < 4.78 is 0. The Morgan fingerprint density at radius 1 is 1.03 bits per heavy atom. The van der Waals surface area contributed by atoms with Crippen LogP contribution in [0.2, 0.25) is 0 Å². The van der Waals surface area contributed by atoms with Crippen molar-refractivity contribution in [2.75, 3.05) is 18.0 Å². The molecule has 5 heteroatoms. The fourth-order valence-corrected chi connectivity index (χ4v) is 3.78. The molecule has 148 valence electrons. The minimum atomic E-state index is 0.0254. The molecule has 1 fully saturated rings. The van der Waals surface area contributed by atoms with Crippen LogP contribution in [-0.4, -0.2) is 33.9 Å². The standard InChI is InChI=1S/C24H26N4O/c1-19-9-8-14-27(17-19)23(29)21-15-25-24(26-16-21)28(22-12-6-3-7-13-22)18-20-10-4-2-5-11-20/h2-7,10-13,15-16,19H,8-9,14,17-18H2,1H3. The van der Waals surface area contributed by atoms with Gasteiger partial charge in [0.05, 0.1) is 12.1 Å². The van der Waals surface area contributed by atoms with Crippen LogP contribution < -0.4 is 4.90 Å². The third kappa shape index (κ3) is 4.62. The van der Waals surface area contributed by atoms with Crippen molar-refractivity contribution in [2.45, 2.75) is 26.3 Å². The maximum atomic E-state index is 12.8. The number of hydrogen-bond acceptors (Lipinski definition) is 4. The van der Waals surface area contributed by atoms with Crippen molar-refractivity contribution in [2.24, 2.45) is 5.92 Å². The van der Waals surface area contributed by atoms with Crippen molar-refractivity contribution in [1.82, 2.24) is 14.9 Å². The molecule has 0 N–H and O–H groups in total. The van der Waals surface area contributed by atoms with Crippen molar-refractivity contribution in [3.8, 4) is 0 Å². The Morgan fingerprint density at radius 3 is 2.34 bits per heavy atom. The summed E-state index contributed by atoms with van der Waals surface area (Å²) in [5.74, 6) is 1.16. The van der Waals surface area contributed by atoms with Crippen molar-refractivity contribution in [3.05, 3.63) is 84.2 Å². The first-order chi connectivity index (χ1) is 14.2. The second-order valence-corrected chi connectivity index (χ2v) is 7.68. The largest absolute Gasteiger partial charge is 0.338 e. The van der Waals surface area contributed by atoms with Crippen LogP contribution >= 0.6 is 0 Å². The average molecular weight is 386 g/mol. The van der Waals surface area contributed by atoms with Crippen LogP contribution in [0, 0.1) is 5.92 Å². The predicted molar refractivity (Wildman–Crippen MR) is 115 cm³/mol. The molecule has 0 bridgehead atoms. The summed E-state index contributed by atoms with van der Waals surface area (Å²) in [4.78, 5) is 25.9. The number of rotatable bonds is 5. The van der Waals surface area contributed by atoms with Crippen LogP contribution in [-0.2, 0) is 6.54 Å². The minimum Gasteiger partial charge on any atom is -0.338 e. The number of anilines is 2. The Hall–Kier alpha value is -3.21. The summed E-state index contributed by atoms with van der Waals surface area (Å²) in [6, 6.07) is 20.3. The molecule has 1 saturated heterocycles.